The Morgan fingerprint density at radius 3 is 2.95 bits per heavy atom. The molecule has 0 saturated carbocycles. The standard InChI is InChI=1S/C18H29NO/c1-20-15-7-10-16-8-3-2-6-13-19-14-12-17-9-4-5-11-18(16)17/h4-5,9,11,16,19H,2-3,6-8,10,12-15H2,1H3. The van der Waals surface area contributed by atoms with Crippen LogP contribution in [0.1, 0.15) is 55.6 Å². The molecule has 0 amide bonds. The number of ether oxygens (including phenoxy) is 1. The summed E-state index contributed by atoms with van der Waals surface area (Å²) in [7, 11) is 1.80. The van der Waals surface area contributed by atoms with Crippen LogP contribution in [0.15, 0.2) is 24.3 Å². The first kappa shape index (κ1) is 15.5. The molecule has 1 unspecified atom stereocenters. The SMILES string of the molecule is COCCCC1CCCCCNCCc2ccccc21. The minimum absolute atomic E-state index is 0.722. The maximum Gasteiger partial charge on any atom is 0.0462 e. The van der Waals surface area contributed by atoms with Gasteiger partial charge in [0.1, 0.15) is 0 Å². The second kappa shape index (κ2) is 9.15. The molecule has 0 fully saturated rings. The number of benzene rings is 1. The number of hydrogen-bond donors (Lipinski definition) is 1. The molecule has 0 saturated heterocycles. The highest BCUT2D eigenvalue weighted by atomic mass is 16.5. The summed E-state index contributed by atoms with van der Waals surface area (Å²) in [6.45, 7) is 3.18. The van der Waals surface area contributed by atoms with Gasteiger partial charge in [0.05, 0.1) is 0 Å². The van der Waals surface area contributed by atoms with Crippen LogP contribution in [0.3, 0.4) is 0 Å². The third-order valence-corrected chi connectivity index (χ3v) is 4.37. The van der Waals surface area contributed by atoms with Crippen molar-refractivity contribution >= 4 is 0 Å². The van der Waals surface area contributed by atoms with Crippen LogP contribution in [0, 0.1) is 0 Å². The van der Waals surface area contributed by atoms with Crippen LogP contribution in [0.2, 0.25) is 0 Å². The van der Waals surface area contributed by atoms with E-state index >= 15 is 0 Å². The van der Waals surface area contributed by atoms with Crippen molar-refractivity contribution in [2.75, 3.05) is 26.8 Å². The van der Waals surface area contributed by atoms with Gasteiger partial charge < -0.3 is 10.1 Å². The van der Waals surface area contributed by atoms with Gasteiger partial charge in [0.2, 0.25) is 0 Å². The van der Waals surface area contributed by atoms with Gasteiger partial charge in [-0.1, -0.05) is 37.1 Å². The first-order chi connectivity index (χ1) is 9.92. The minimum atomic E-state index is 0.722. The molecule has 1 heterocycles. The zero-order valence-electron chi connectivity index (χ0n) is 12.9. The number of rotatable bonds is 4. The van der Waals surface area contributed by atoms with Crippen LogP contribution in [-0.4, -0.2) is 26.8 Å². The zero-order chi connectivity index (χ0) is 14.0. The Kier molecular flexibility index (Phi) is 7.10. The summed E-state index contributed by atoms with van der Waals surface area (Å²) >= 11 is 0. The van der Waals surface area contributed by atoms with E-state index in [0.717, 1.165) is 25.5 Å². The van der Waals surface area contributed by atoms with E-state index in [9.17, 15) is 0 Å². The van der Waals surface area contributed by atoms with Crippen molar-refractivity contribution in [1.82, 2.24) is 5.32 Å². The van der Waals surface area contributed by atoms with Crippen molar-refractivity contribution in [2.24, 2.45) is 0 Å². The Morgan fingerprint density at radius 2 is 2.05 bits per heavy atom. The molecule has 1 aliphatic heterocycles. The van der Waals surface area contributed by atoms with Crippen LogP contribution in [0.5, 0.6) is 0 Å². The molecule has 1 aliphatic rings. The van der Waals surface area contributed by atoms with Gasteiger partial charge in [-0.05, 0) is 62.2 Å². The molecule has 112 valence electrons. The van der Waals surface area contributed by atoms with Gasteiger partial charge in [-0.15, -0.1) is 0 Å². The van der Waals surface area contributed by atoms with Crippen molar-refractivity contribution in [3.05, 3.63) is 35.4 Å². The van der Waals surface area contributed by atoms with E-state index in [-0.39, 0.29) is 0 Å². The van der Waals surface area contributed by atoms with E-state index in [4.69, 9.17) is 4.74 Å². The smallest absolute Gasteiger partial charge is 0.0462 e. The molecular formula is C18H29NO. The molecule has 1 N–H and O–H groups in total. The highest BCUT2D eigenvalue weighted by molar-refractivity contribution is 5.30. The maximum absolute atomic E-state index is 5.23. The summed E-state index contributed by atoms with van der Waals surface area (Å²) in [5, 5.41) is 3.57. The Hall–Kier alpha value is -0.860. The number of nitrogens with one attached hydrogen (secondary N) is 1. The highest BCUT2D eigenvalue weighted by Crippen LogP contribution is 2.30. The van der Waals surface area contributed by atoms with E-state index in [1.165, 1.54) is 45.1 Å². The molecule has 0 aromatic heterocycles. The predicted octanol–water partition coefficient (Wildman–Crippen LogP) is 3.90. The van der Waals surface area contributed by atoms with Crippen LogP contribution < -0.4 is 5.32 Å². The average molecular weight is 275 g/mol. The second-order valence-corrected chi connectivity index (χ2v) is 5.88. The Labute approximate surface area is 123 Å². The van der Waals surface area contributed by atoms with Crippen LogP contribution >= 0.6 is 0 Å². The van der Waals surface area contributed by atoms with E-state index in [1.54, 1.807) is 18.2 Å². The largest absolute Gasteiger partial charge is 0.385 e. The summed E-state index contributed by atoms with van der Waals surface area (Å²) in [4.78, 5) is 0. The van der Waals surface area contributed by atoms with E-state index < -0.39 is 0 Å². The fourth-order valence-corrected chi connectivity index (χ4v) is 3.26. The number of methoxy groups -OCH3 is 1. The monoisotopic (exact) mass is 275 g/mol. The quantitative estimate of drug-likeness (QED) is 0.841. The number of hydrogen-bond acceptors (Lipinski definition) is 2. The van der Waals surface area contributed by atoms with Crippen molar-refractivity contribution < 1.29 is 4.74 Å². The van der Waals surface area contributed by atoms with Crippen LogP contribution in [0.4, 0.5) is 0 Å². The third kappa shape index (κ3) is 4.92. The zero-order valence-corrected chi connectivity index (χ0v) is 12.9. The Balaban J connectivity index is 2.09. The first-order valence-electron chi connectivity index (χ1n) is 8.19. The van der Waals surface area contributed by atoms with Gasteiger partial charge in [-0.2, -0.15) is 0 Å². The minimum Gasteiger partial charge on any atom is -0.385 e. The van der Waals surface area contributed by atoms with Crippen molar-refractivity contribution in [3.8, 4) is 0 Å². The van der Waals surface area contributed by atoms with E-state index in [2.05, 4.69) is 29.6 Å². The fourth-order valence-electron chi connectivity index (χ4n) is 3.26. The summed E-state index contributed by atoms with van der Waals surface area (Å²) in [5.41, 5.74) is 3.14. The molecule has 1 aromatic carbocycles. The molecule has 2 nitrogen and oxygen atoms in total. The summed E-state index contributed by atoms with van der Waals surface area (Å²) in [5.74, 6) is 0.722. The highest BCUT2D eigenvalue weighted by Gasteiger charge is 2.15. The number of fused-ring (bicyclic) bond motifs is 1. The van der Waals surface area contributed by atoms with Gasteiger partial charge in [0.25, 0.3) is 0 Å². The summed E-state index contributed by atoms with van der Waals surface area (Å²) in [6.07, 6.45) is 8.97. The fraction of sp³-hybridized carbons (Fsp3) is 0.667. The van der Waals surface area contributed by atoms with E-state index in [1.807, 2.05) is 0 Å². The molecule has 20 heavy (non-hydrogen) atoms. The van der Waals surface area contributed by atoms with Crippen LogP contribution in [0.25, 0.3) is 0 Å². The van der Waals surface area contributed by atoms with E-state index in [0.29, 0.717) is 0 Å². The Bertz CT molecular complexity index is 377. The van der Waals surface area contributed by atoms with Crippen molar-refractivity contribution in [1.29, 1.82) is 0 Å². The van der Waals surface area contributed by atoms with Gasteiger partial charge in [0, 0.05) is 13.7 Å². The molecule has 2 heteroatoms. The normalized spacial score (nSPS) is 20.9. The molecule has 0 spiro atoms. The summed E-state index contributed by atoms with van der Waals surface area (Å²) < 4.78 is 5.23. The Morgan fingerprint density at radius 1 is 1.15 bits per heavy atom. The van der Waals surface area contributed by atoms with Gasteiger partial charge in [-0.25, -0.2) is 0 Å². The second-order valence-electron chi connectivity index (χ2n) is 5.88. The third-order valence-electron chi connectivity index (χ3n) is 4.37. The van der Waals surface area contributed by atoms with Gasteiger partial charge >= 0.3 is 0 Å². The van der Waals surface area contributed by atoms with Gasteiger partial charge in [0.15, 0.2) is 0 Å². The molecule has 0 radical (unpaired) electrons. The molecule has 0 bridgehead atoms. The lowest BCUT2D eigenvalue weighted by Gasteiger charge is -2.20. The van der Waals surface area contributed by atoms with Crippen LogP contribution in [-0.2, 0) is 11.2 Å². The lowest BCUT2D eigenvalue weighted by atomic mass is 9.86. The van der Waals surface area contributed by atoms with Crippen molar-refractivity contribution in [2.45, 2.75) is 50.9 Å². The van der Waals surface area contributed by atoms with Crippen molar-refractivity contribution in [3.63, 3.8) is 0 Å². The lowest BCUT2D eigenvalue weighted by molar-refractivity contribution is 0.189. The van der Waals surface area contributed by atoms with Gasteiger partial charge in [-0.3, -0.25) is 0 Å². The maximum atomic E-state index is 5.23. The summed E-state index contributed by atoms with van der Waals surface area (Å²) in [6, 6.07) is 9.06. The molecule has 1 atom stereocenters. The molecular weight excluding hydrogens is 246 g/mol. The lowest BCUT2D eigenvalue weighted by Crippen LogP contribution is -2.18. The molecule has 1 aromatic rings. The predicted molar refractivity (Wildman–Crippen MR) is 85.3 cm³/mol. The first-order valence-corrected chi connectivity index (χ1v) is 8.19. The topological polar surface area (TPSA) is 21.3 Å². The average Bonchev–Trinajstić information content (AvgIpc) is 2.52. The molecule has 0 aliphatic carbocycles. The molecule has 2 rings (SSSR count).